The number of halogens is 2. The summed E-state index contributed by atoms with van der Waals surface area (Å²) in [6.45, 7) is 14.0. The molecule has 0 fully saturated rings. The van der Waals surface area contributed by atoms with Crippen LogP contribution in [-0.2, 0) is 47.9 Å². The van der Waals surface area contributed by atoms with E-state index >= 15 is 0 Å². The molecule has 5 aromatic carbocycles. The molecule has 0 saturated carbocycles. The summed E-state index contributed by atoms with van der Waals surface area (Å²) >= 11 is 1.55. The van der Waals surface area contributed by atoms with Crippen molar-refractivity contribution in [1.82, 2.24) is 0 Å². The third-order valence-corrected chi connectivity index (χ3v) is 11.1. The third-order valence-electron chi connectivity index (χ3n) is 10.2. The van der Waals surface area contributed by atoms with Crippen molar-refractivity contribution in [2.75, 3.05) is 0 Å². The van der Waals surface area contributed by atoms with E-state index < -0.39 is 0 Å². The topological polar surface area (TPSA) is 0 Å². The second kappa shape index (κ2) is 17.0. The molecule has 0 amide bonds. The van der Waals surface area contributed by atoms with Crippen LogP contribution in [0.25, 0.3) is 32.7 Å². The Morgan fingerprint density at radius 3 is 1.48 bits per heavy atom. The zero-order valence-corrected chi connectivity index (χ0v) is 34.3. The van der Waals surface area contributed by atoms with E-state index in [1.54, 1.807) is 27.4 Å². The van der Waals surface area contributed by atoms with Crippen LogP contribution in [0.5, 0.6) is 0 Å². The molecule has 256 valence electrons. The molecule has 0 heterocycles. The van der Waals surface area contributed by atoms with Gasteiger partial charge in [-0.15, -0.1) is 46.2 Å². The molecule has 0 bridgehead atoms. The summed E-state index contributed by atoms with van der Waals surface area (Å²) < 4.78 is 1.60. The molecule has 0 N–H and O–H groups in total. The minimum atomic E-state index is 0. The second-order valence-electron chi connectivity index (χ2n) is 15.0. The maximum absolute atomic E-state index is 2.99. The Kier molecular flexibility index (Phi) is 13.6. The zero-order valence-electron chi connectivity index (χ0n) is 30.3. The van der Waals surface area contributed by atoms with E-state index in [4.69, 9.17) is 0 Å². The summed E-state index contributed by atoms with van der Waals surface area (Å²) in [6, 6.07) is 33.7. The molecule has 0 aromatic heterocycles. The monoisotopic (exact) mass is 772 g/mol. The molecule has 0 radical (unpaired) electrons. The third kappa shape index (κ3) is 9.09. The summed E-state index contributed by atoms with van der Waals surface area (Å²) in [5, 5.41) is 5.61. The van der Waals surface area contributed by atoms with Crippen LogP contribution in [0.2, 0.25) is 0 Å². The van der Waals surface area contributed by atoms with Gasteiger partial charge >= 0.3 is 112 Å². The van der Waals surface area contributed by atoms with Gasteiger partial charge in [0.15, 0.2) is 0 Å². The van der Waals surface area contributed by atoms with E-state index in [9.17, 15) is 0 Å². The first-order valence-electron chi connectivity index (χ1n) is 17.4. The van der Waals surface area contributed by atoms with E-state index in [1.807, 2.05) is 12.2 Å². The van der Waals surface area contributed by atoms with Gasteiger partial charge in [-0.2, -0.15) is 6.08 Å². The normalized spacial score (nSPS) is 15.9. The van der Waals surface area contributed by atoms with Crippen LogP contribution >= 0.6 is 0 Å². The van der Waals surface area contributed by atoms with Gasteiger partial charge in [-0.3, -0.25) is 6.08 Å². The van der Waals surface area contributed by atoms with Crippen LogP contribution in [0.1, 0.15) is 94.2 Å². The molecular weight excluding hydrogens is 727 g/mol. The van der Waals surface area contributed by atoms with Crippen LogP contribution in [-0.4, -0.2) is 3.21 Å². The van der Waals surface area contributed by atoms with Crippen LogP contribution in [0.3, 0.4) is 0 Å². The molecule has 3 heteroatoms. The zero-order chi connectivity index (χ0) is 33.9. The van der Waals surface area contributed by atoms with E-state index in [0.29, 0.717) is 0 Å². The molecule has 3 aliphatic rings. The molecule has 0 saturated heterocycles. The average molecular weight is 775 g/mol. The molecule has 50 heavy (non-hydrogen) atoms. The van der Waals surface area contributed by atoms with Gasteiger partial charge in [0.05, 0.1) is 0 Å². The number of hydrogen-bond acceptors (Lipinski definition) is 0. The molecule has 5 aromatic rings. The van der Waals surface area contributed by atoms with Crippen molar-refractivity contribution in [2.45, 2.75) is 84.5 Å². The predicted octanol–water partition coefficient (Wildman–Crippen LogP) is 6.39. The quantitative estimate of drug-likeness (QED) is 0.186. The fourth-order valence-electron chi connectivity index (χ4n) is 7.22. The van der Waals surface area contributed by atoms with E-state index in [1.165, 1.54) is 66.1 Å². The molecule has 3 aliphatic carbocycles. The second-order valence-corrected chi connectivity index (χ2v) is 16.7. The van der Waals surface area contributed by atoms with Gasteiger partial charge in [0, 0.05) is 0 Å². The molecule has 0 spiro atoms. The number of allylic oxidation sites excluding steroid dienone is 8. The van der Waals surface area contributed by atoms with Crippen LogP contribution < -0.4 is 24.8 Å². The average Bonchev–Trinajstić information content (AvgIpc) is 3.77. The molecule has 8 rings (SSSR count). The fraction of sp³-hybridized carbons (Fsp3) is 0.277. The van der Waals surface area contributed by atoms with Crippen LogP contribution in [0.15, 0.2) is 121 Å². The number of benzene rings is 4. The number of fused-ring (bicyclic) bond motifs is 5. The first-order chi connectivity index (χ1) is 23.0. The van der Waals surface area contributed by atoms with Crippen molar-refractivity contribution in [3.05, 3.63) is 161 Å². The van der Waals surface area contributed by atoms with Crippen molar-refractivity contribution >= 4 is 35.9 Å². The Morgan fingerprint density at radius 2 is 1.12 bits per heavy atom. The molecule has 0 atom stereocenters. The van der Waals surface area contributed by atoms with E-state index in [0.717, 1.165) is 32.1 Å². The molecular formula is C47H48Cl2Zr-2. The predicted molar refractivity (Wildman–Crippen MR) is 207 cm³/mol. The molecule has 0 aliphatic heterocycles. The Morgan fingerprint density at radius 1 is 0.680 bits per heavy atom. The Balaban J connectivity index is 0.000000208. The van der Waals surface area contributed by atoms with Gasteiger partial charge in [-0.05, 0) is 59.8 Å². The number of rotatable bonds is 4. The Labute approximate surface area is 328 Å². The standard InChI is InChI=1S/C27H29.C15H14.C5H5.2ClH.Zr/c1-16-7-9-26(3,4)24-12-18-11-19-13-25-21(17(2)8-10-27(25,5)6)15-23(19)22(18)14-20(16)24;1-3-8-14(9-4-1)12-7-13-15-10-5-2-6-11-15;1-2-4-5-3-1;;;/h7-8,11-15H,9-10H2,1-6H3;1-6,8-11H,12-13H2;1-3H,4H2;2*1H;/q-1;;-1;;;+2/p-2. The maximum atomic E-state index is 2.99. The molecule has 0 unspecified atom stereocenters. The van der Waals surface area contributed by atoms with Gasteiger partial charge in [0.2, 0.25) is 0 Å². The SMILES string of the molecule is CC1=CCC(C)(C)c2cc3[cH-]c4cc5c(cc4c3cc21)C(C)=CCC5(C)C.[C-]1=CC=CC1.[Cl-].[Cl-].[Zr+2]=[C](Cc1ccccc1)Cc1ccccc1. The van der Waals surface area contributed by atoms with Gasteiger partial charge in [0.25, 0.3) is 0 Å². The fourth-order valence-corrected chi connectivity index (χ4v) is 8.23. The van der Waals surface area contributed by atoms with Gasteiger partial charge in [-0.25, -0.2) is 12.2 Å². The van der Waals surface area contributed by atoms with Crippen molar-refractivity contribution in [3.8, 4) is 0 Å². The van der Waals surface area contributed by atoms with E-state index in [2.05, 4.69) is 157 Å². The summed E-state index contributed by atoms with van der Waals surface area (Å²) in [5.74, 6) is 0. The minimum absolute atomic E-state index is 0. The van der Waals surface area contributed by atoms with Crippen molar-refractivity contribution in [2.24, 2.45) is 0 Å². The summed E-state index contributed by atoms with van der Waals surface area (Å²) in [4.78, 5) is 0. The first-order valence-corrected chi connectivity index (χ1v) is 18.7. The van der Waals surface area contributed by atoms with Crippen LogP contribution in [0, 0.1) is 6.08 Å². The van der Waals surface area contributed by atoms with Crippen LogP contribution in [0.4, 0.5) is 0 Å². The number of hydrogen-bond donors (Lipinski definition) is 0. The van der Waals surface area contributed by atoms with E-state index in [-0.39, 0.29) is 35.6 Å². The first kappa shape index (κ1) is 39.8. The van der Waals surface area contributed by atoms with Gasteiger partial charge in [0.1, 0.15) is 0 Å². The summed E-state index contributed by atoms with van der Waals surface area (Å²) in [5.41, 5.74) is 12.0. The summed E-state index contributed by atoms with van der Waals surface area (Å²) in [6.07, 6.45) is 19.3. The Bertz CT molecular complexity index is 1920. The summed E-state index contributed by atoms with van der Waals surface area (Å²) in [7, 11) is 0. The van der Waals surface area contributed by atoms with Crippen molar-refractivity contribution < 1.29 is 49.0 Å². The van der Waals surface area contributed by atoms with Gasteiger partial charge in [-0.1, -0.05) is 63.1 Å². The Hall–Kier alpha value is -2.96. The van der Waals surface area contributed by atoms with Gasteiger partial charge < -0.3 is 24.8 Å². The van der Waals surface area contributed by atoms with Crippen molar-refractivity contribution in [1.29, 1.82) is 0 Å². The van der Waals surface area contributed by atoms with Crippen molar-refractivity contribution in [3.63, 3.8) is 0 Å². The molecule has 0 nitrogen and oxygen atoms in total.